The van der Waals surface area contributed by atoms with Crippen molar-refractivity contribution in [2.45, 2.75) is 12.5 Å². The van der Waals surface area contributed by atoms with E-state index in [9.17, 15) is 26.3 Å². The van der Waals surface area contributed by atoms with Crippen molar-refractivity contribution < 1.29 is 31.1 Å². The molecule has 0 aliphatic heterocycles. The summed E-state index contributed by atoms with van der Waals surface area (Å²) < 4.78 is 77.7. The minimum Gasteiger partial charge on any atom is -0.406 e. The van der Waals surface area contributed by atoms with Gasteiger partial charge in [-0.1, -0.05) is 23.7 Å². The van der Waals surface area contributed by atoms with Gasteiger partial charge in [0.15, 0.2) is 0 Å². The molecular weight excluding hydrogens is 334 g/mol. The topological polar surface area (TPSA) is 9.23 Å². The van der Waals surface area contributed by atoms with E-state index < -0.39 is 23.9 Å². The number of benzene rings is 2. The minimum absolute atomic E-state index is 0.0919. The average molecular weight is 341 g/mol. The van der Waals surface area contributed by atoms with Gasteiger partial charge < -0.3 is 4.74 Å². The van der Waals surface area contributed by atoms with E-state index in [0.717, 1.165) is 36.4 Å². The van der Waals surface area contributed by atoms with Crippen molar-refractivity contribution in [1.82, 2.24) is 0 Å². The van der Waals surface area contributed by atoms with Gasteiger partial charge in [0, 0.05) is 10.6 Å². The first kappa shape index (κ1) is 16.5. The van der Waals surface area contributed by atoms with Gasteiger partial charge in [0.1, 0.15) is 5.75 Å². The summed E-state index contributed by atoms with van der Waals surface area (Å²) in [6, 6.07) is 7.10. The molecule has 2 aromatic rings. The Morgan fingerprint density at radius 3 is 1.91 bits per heavy atom. The first-order valence-corrected chi connectivity index (χ1v) is 6.17. The standard InChI is InChI=1S/C14H7ClF6O/c15-12-6-5-10(22-14(19,20)21)7-11(12)8-1-3-9(4-2-8)13(16,17)18/h1-7H. The van der Waals surface area contributed by atoms with E-state index in [2.05, 4.69) is 4.74 Å². The fraction of sp³-hybridized carbons (Fsp3) is 0.143. The van der Waals surface area contributed by atoms with Crippen LogP contribution in [0.4, 0.5) is 26.3 Å². The van der Waals surface area contributed by atoms with E-state index in [-0.39, 0.29) is 16.1 Å². The molecule has 22 heavy (non-hydrogen) atoms. The van der Waals surface area contributed by atoms with Gasteiger partial charge in [-0.05, 0) is 35.9 Å². The number of hydrogen-bond donors (Lipinski definition) is 0. The highest BCUT2D eigenvalue weighted by Crippen LogP contribution is 2.35. The highest BCUT2D eigenvalue weighted by Gasteiger charge is 2.32. The summed E-state index contributed by atoms with van der Waals surface area (Å²) >= 11 is 5.87. The first-order valence-electron chi connectivity index (χ1n) is 5.79. The van der Waals surface area contributed by atoms with Crippen molar-refractivity contribution in [3.8, 4) is 16.9 Å². The molecule has 2 rings (SSSR count). The number of ether oxygens (including phenoxy) is 1. The first-order chi connectivity index (χ1) is 10.1. The van der Waals surface area contributed by atoms with E-state index in [4.69, 9.17) is 11.6 Å². The Morgan fingerprint density at radius 1 is 0.818 bits per heavy atom. The Labute approximate surface area is 126 Å². The molecule has 0 bridgehead atoms. The van der Waals surface area contributed by atoms with Crippen LogP contribution < -0.4 is 4.74 Å². The molecule has 8 heteroatoms. The maximum absolute atomic E-state index is 12.5. The summed E-state index contributed by atoms with van der Waals surface area (Å²) in [7, 11) is 0. The quantitative estimate of drug-likeness (QED) is 0.616. The summed E-state index contributed by atoms with van der Waals surface area (Å²) in [5, 5.41) is 0.0919. The zero-order valence-electron chi connectivity index (χ0n) is 10.6. The summed E-state index contributed by atoms with van der Waals surface area (Å²) in [6.07, 6.45) is -9.37. The molecule has 0 aliphatic carbocycles. The number of hydrogen-bond acceptors (Lipinski definition) is 1. The van der Waals surface area contributed by atoms with Gasteiger partial charge in [-0.25, -0.2) is 0 Å². The molecule has 0 spiro atoms. The second-order valence-electron chi connectivity index (χ2n) is 4.26. The molecular formula is C14H7ClF6O. The van der Waals surface area contributed by atoms with Gasteiger partial charge in [0.25, 0.3) is 0 Å². The van der Waals surface area contributed by atoms with Crippen LogP contribution in [0.5, 0.6) is 5.75 Å². The van der Waals surface area contributed by atoms with E-state index in [0.29, 0.717) is 0 Å². The third-order valence-electron chi connectivity index (χ3n) is 2.69. The predicted octanol–water partition coefficient (Wildman–Crippen LogP) is 5.92. The zero-order chi connectivity index (χ0) is 16.5. The third-order valence-corrected chi connectivity index (χ3v) is 3.02. The Kier molecular flexibility index (Phi) is 4.28. The molecule has 0 saturated carbocycles. The normalized spacial score (nSPS) is 12.3. The lowest BCUT2D eigenvalue weighted by molar-refractivity contribution is -0.274. The van der Waals surface area contributed by atoms with Crippen molar-refractivity contribution >= 4 is 11.6 Å². The highest BCUT2D eigenvalue weighted by molar-refractivity contribution is 6.33. The average Bonchev–Trinajstić information content (AvgIpc) is 2.38. The summed E-state index contributed by atoms with van der Waals surface area (Å²) in [6.45, 7) is 0. The Hall–Kier alpha value is -1.89. The van der Waals surface area contributed by atoms with Crippen molar-refractivity contribution in [3.63, 3.8) is 0 Å². The monoisotopic (exact) mass is 340 g/mol. The fourth-order valence-corrected chi connectivity index (χ4v) is 1.99. The van der Waals surface area contributed by atoms with E-state index in [1.54, 1.807) is 0 Å². The van der Waals surface area contributed by atoms with E-state index in [1.165, 1.54) is 6.07 Å². The SMILES string of the molecule is FC(F)(F)Oc1ccc(Cl)c(-c2ccc(C(F)(F)F)cc2)c1. The van der Waals surface area contributed by atoms with Gasteiger partial charge in [0.2, 0.25) is 0 Å². The van der Waals surface area contributed by atoms with Gasteiger partial charge in [-0.3, -0.25) is 0 Å². The number of rotatable bonds is 2. The van der Waals surface area contributed by atoms with Crippen LogP contribution in [0.15, 0.2) is 42.5 Å². The van der Waals surface area contributed by atoms with E-state index >= 15 is 0 Å². The van der Waals surface area contributed by atoms with Gasteiger partial charge in [0.05, 0.1) is 5.56 Å². The summed E-state index contributed by atoms with van der Waals surface area (Å²) in [5.41, 5.74) is -0.488. The summed E-state index contributed by atoms with van der Waals surface area (Å²) in [5.74, 6) is -0.508. The van der Waals surface area contributed by atoms with Crippen LogP contribution in [0.2, 0.25) is 5.02 Å². The molecule has 0 saturated heterocycles. The second-order valence-corrected chi connectivity index (χ2v) is 4.67. The molecule has 2 aromatic carbocycles. The Morgan fingerprint density at radius 2 is 1.41 bits per heavy atom. The second kappa shape index (κ2) is 5.72. The van der Waals surface area contributed by atoms with Crippen LogP contribution in [-0.4, -0.2) is 6.36 Å². The molecule has 118 valence electrons. The van der Waals surface area contributed by atoms with Crippen LogP contribution in [0.25, 0.3) is 11.1 Å². The smallest absolute Gasteiger partial charge is 0.406 e. The molecule has 0 heterocycles. The minimum atomic E-state index is -4.87. The summed E-state index contributed by atoms with van der Waals surface area (Å²) in [4.78, 5) is 0. The molecule has 0 N–H and O–H groups in total. The van der Waals surface area contributed by atoms with E-state index in [1.807, 2.05) is 0 Å². The lowest BCUT2D eigenvalue weighted by Gasteiger charge is -2.12. The van der Waals surface area contributed by atoms with Crippen molar-refractivity contribution in [3.05, 3.63) is 53.1 Å². The van der Waals surface area contributed by atoms with Crippen LogP contribution in [0.3, 0.4) is 0 Å². The maximum Gasteiger partial charge on any atom is 0.573 e. The number of halogens is 7. The van der Waals surface area contributed by atoms with Crippen LogP contribution in [0.1, 0.15) is 5.56 Å². The van der Waals surface area contributed by atoms with Gasteiger partial charge >= 0.3 is 12.5 Å². The molecule has 0 aromatic heterocycles. The lowest BCUT2D eigenvalue weighted by atomic mass is 10.0. The van der Waals surface area contributed by atoms with Crippen molar-refractivity contribution in [2.75, 3.05) is 0 Å². The molecule has 0 unspecified atom stereocenters. The number of alkyl halides is 6. The third kappa shape index (κ3) is 4.07. The van der Waals surface area contributed by atoms with Crippen LogP contribution >= 0.6 is 11.6 Å². The van der Waals surface area contributed by atoms with Crippen molar-refractivity contribution in [2.24, 2.45) is 0 Å². The molecule has 0 fully saturated rings. The molecule has 0 amide bonds. The maximum atomic E-state index is 12.5. The lowest BCUT2D eigenvalue weighted by Crippen LogP contribution is -2.17. The molecule has 0 radical (unpaired) electrons. The van der Waals surface area contributed by atoms with Gasteiger partial charge in [-0.15, -0.1) is 13.2 Å². The molecule has 1 nitrogen and oxygen atoms in total. The highest BCUT2D eigenvalue weighted by atomic mass is 35.5. The zero-order valence-corrected chi connectivity index (χ0v) is 11.4. The predicted molar refractivity (Wildman–Crippen MR) is 68.6 cm³/mol. The Balaban J connectivity index is 2.37. The molecule has 0 aliphatic rings. The Bertz CT molecular complexity index is 661. The van der Waals surface area contributed by atoms with Gasteiger partial charge in [-0.2, -0.15) is 13.2 Å². The van der Waals surface area contributed by atoms with Crippen molar-refractivity contribution in [1.29, 1.82) is 0 Å². The fourth-order valence-electron chi connectivity index (χ4n) is 1.76. The largest absolute Gasteiger partial charge is 0.573 e. The van der Waals surface area contributed by atoms with Crippen LogP contribution in [0, 0.1) is 0 Å². The van der Waals surface area contributed by atoms with Crippen LogP contribution in [-0.2, 0) is 6.18 Å². The molecule has 0 atom stereocenters.